The van der Waals surface area contributed by atoms with Crippen LogP contribution >= 0.6 is 11.6 Å². The van der Waals surface area contributed by atoms with Gasteiger partial charge >= 0.3 is 6.03 Å². The summed E-state index contributed by atoms with van der Waals surface area (Å²) in [4.78, 5) is 14.3. The van der Waals surface area contributed by atoms with Crippen molar-refractivity contribution in [1.82, 2.24) is 25.9 Å². The average molecular weight is 357 g/mol. The lowest BCUT2D eigenvalue weighted by molar-refractivity contribution is 0.245. The first-order valence-electron chi connectivity index (χ1n) is 7.54. The molecule has 0 bridgehead atoms. The highest BCUT2D eigenvalue weighted by molar-refractivity contribution is 6.31. The Bertz CT molecular complexity index is 915. The van der Waals surface area contributed by atoms with Crippen molar-refractivity contribution >= 4 is 23.3 Å². The zero-order valence-electron chi connectivity index (χ0n) is 12.9. The number of hydrogen-bond donors (Lipinski definition) is 2. The molecule has 0 aliphatic carbocycles. The Morgan fingerprint density at radius 1 is 1.28 bits per heavy atom. The van der Waals surface area contributed by atoms with Gasteiger partial charge in [0.15, 0.2) is 11.6 Å². The number of para-hydroxylation sites is 1. The van der Waals surface area contributed by atoms with Gasteiger partial charge in [-0.2, -0.15) is 5.21 Å². The molecule has 0 atom stereocenters. The van der Waals surface area contributed by atoms with Crippen LogP contribution < -0.4 is 15.0 Å². The van der Waals surface area contributed by atoms with Gasteiger partial charge in [0.25, 0.3) is 0 Å². The molecule has 0 saturated heterocycles. The van der Waals surface area contributed by atoms with E-state index < -0.39 is 0 Å². The lowest BCUT2D eigenvalue weighted by Gasteiger charge is -2.22. The van der Waals surface area contributed by atoms with Crippen molar-refractivity contribution in [3.05, 3.63) is 58.9 Å². The van der Waals surface area contributed by atoms with E-state index in [1.807, 2.05) is 24.3 Å². The quantitative estimate of drug-likeness (QED) is 0.736. The van der Waals surface area contributed by atoms with E-state index in [-0.39, 0.29) is 12.6 Å². The largest absolute Gasteiger partial charge is 0.455 e. The number of tetrazole rings is 1. The van der Waals surface area contributed by atoms with Crippen LogP contribution in [0, 0.1) is 0 Å². The number of benzene rings is 2. The molecule has 2 N–H and O–H groups in total. The number of rotatable bonds is 2. The van der Waals surface area contributed by atoms with E-state index in [2.05, 4.69) is 25.9 Å². The summed E-state index contributed by atoms with van der Waals surface area (Å²) in [7, 11) is 0. The summed E-state index contributed by atoms with van der Waals surface area (Å²) in [5.41, 5.74) is 1.49. The van der Waals surface area contributed by atoms with Crippen LogP contribution in [0.5, 0.6) is 11.5 Å². The number of aromatic amines is 1. The number of halogens is 1. The van der Waals surface area contributed by atoms with Gasteiger partial charge in [0.1, 0.15) is 5.75 Å². The number of aromatic nitrogens is 4. The SMILES string of the molecule is O=C(NCc1nn[nH]n1)N1Cc2ccccc2Oc2ccc(Cl)cc21. The second-order valence-electron chi connectivity index (χ2n) is 5.39. The summed E-state index contributed by atoms with van der Waals surface area (Å²) in [6.45, 7) is 0.506. The van der Waals surface area contributed by atoms with Crippen LogP contribution in [0.3, 0.4) is 0 Å². The highest BCUT2D eigenvalue weighted by Gasteiger charge is 2.25. The van der Waals surface area contributed by atoms with Crippen LogP contribution in [0.4, 0.5) is 10.5 Å². The maximum Gasteiger partial charge on any atom is 0.322 e. The minimum atomic E-state index is -0.311. The van der Waals surface area contributed by atoms with Crippen molar-refractivity contribution < 1.29 is 9.53 Å². The molecule has 0 spiro atoms. The second kappa shape index (κ2) is 6.40. The van der Waals surface area contributed by atoms with E-state index >= 15 is 0 Å². The zero-order chi connectivity index (χ0) is 17.2. The van der Waals surface area contributed by atoms with Crippen LogP contribution in [-0.2, 0) is 13.1 Å². The van der Waals surface area contributed by atoms with Gasteiger partial charge in [-0.05, 0) is 24.3 Å². The standard InChI is InChI=1S/C16H13ClN6O2/c17-11-5-6-14-12(7-11)23(9-10-3-1-2-4-13(10)25-14)16(24)18-8-15-19-21-22-20-15/h1-7H,8-9H2,(H,18,24)(H,19,20,21,22). The normalized spacial score (nSPS) is 12.6. The minimum absolute atomic E-state index is 0.157. The van der Waals surface area contributed by atoms with Gasteiger partial charge in [-0.1, -0.05) is 35.0 Å². The molecule has 0 unspecified atom stereocenters. The number of H-pyrrole nitrogens is 1. The maximum atomic E-state index is 12.8. The summed E-state index contributed by atoms with van der Waals surface area (Å²) in [5.74, 6) is 1.66. The molecule has 0 saturated carbocycles. The lowest BCUT2D eigenvalue weighted by Crippen LogP contribution is -2.39. The van der Waals surface area contributed by atoms with Crippen molar-refractivity contribution in [3.8, 4) is 11.5 Å². The van der Waals surface area contributed by atoms with E-state index in [0.29, 0.717) is 34.6 Å². The first-order chi connectivity index (χ1) is 12.2. The fraction of sp³-hybridized carbons (Fsp3) is 0.125. The van der Waals surface area contributed by atoms with E-state index in [1.54, 1.807) is 23.1 Å². The lowest BCUT2D eigenvalue weighted by atomic mass is 10.2. The van der Waals surface area contributed by atoms with Crippen molar-refractivity contribution in [2.75, 3.05) is 4.90 Å². The molecular formula is C16H13ClN6O2. The highest BCUT2D eigenvalue weighted by Crippen LogP contribution is 2.40. The average Bonchev–Trinajstić information content (AvgIpc) is 3.08. The van der Waals surface area contributed by atoms with Crippen LogP contribution in [0.1, 0.15) is 11.4 Å². The summed E-state index contributed by atoms with van der Waals surface area (Å²) in [6.07, 6.45) is 0. The van der Waals surface area contributed by atoms with Gasteiger partial charge in [0, 0.05) is 10.6 Å². The molecule has 126 valence electrons. The Hall–Kier alpha value is -3.13. The predicted octanol–water partition coefficient (Wildman–Crippen LogP) is 2.88. The number of nitrogens with one attached hydrogen (secondary N) is 2. The van der Waals surface area contributed by atoms with Gasteiger partial charge in [0.2, 0.25) is 0 Å². The highest BCUT2D eigenvalue weighted by atomic mass is 35.5. The predicted molar refractivity (Wildman–Crippen MR) is 90.6 cm³/mol. The molecule has 0 radical (unpaired) electrons. The number of ether oxygens (including phenoxy) is 1. The van der Waals surface area contributed by atoms with Crippen LogP contribution in [0.15, 0.2) is 42.5 Å². The minimum Gasteiger partial charge on any atom is -0.455 e. The van der Waals surface area contributed by atoms with Gasteiger partial charge in [-0.15, -0.1) is 10.2 Å². The number of carbonyl (C=O) groups excluding carboxylic acids is 1. The van der Waals surface area contributed by atoms with Crippen LogP contribution in [0.2, 0.25) is 5.02 Å². The number of urea groups is 1. The Labute approximate surface area is 147 Å². The molecule has 9 heteroatoms. The van der Waals surface area contributed by atoms with E-state index in [4.69, 9.17) is 16.3 Å². The first kappa shape index (κ1) is 15.4. The molecule has 4 rings (SSSR count). The fourth-order valence-corrected chi connectivity index (χ4v) is 2.75. The van der Waals surface area contributed by atoms with Gasteiger partial charge in [0.05, 0.1) is 18.8 Å². The van der Waals surface area contributed by atoms with Crippen molar-refractivity contribution in [3.63, 3.8) is 0 Å². The smallest absolute Gasteiger partial charge is 0.322 e. The van der Waals surface area contributed by atoms with Crippen molar-refractivity contribution in [1.29, 1.82) is 0 Å². The van der Waals surface area contributed by atoms with Crippen molar-refractivity contribution in [2.24, 2.45) is 0 Å². The third-order valence-corrected chi connectivity index (χ3v) is 4.00. The number of anilines is 1. The molecule has 2 aromatic carbocycles. The fourth-order valence-electron chi connectivity index (χ4n) is 2.58. The van der Waals surface area contributed by atoms with Crippen LogP contribution in [0.25, 0.3) is 0 Å². The molecule has 25 heavy (non-hydrogen) atoms. The number of nitrogens with zero attached hydrogens (tertiary/aromatic N) is 4. The topological polar surface area (TPSA) is 96.0 Å². The number of fused-ring (bicyclic) bond motifs is 2. The van der Waals surface area contributed by atoms with E-state index in [1.165, 1.54) is 0 Å². The van der Waals surface area contributed by atoms with Gasteiger partial charge < -0.3 is 10.1 Å². The monoisotopic (exact) mass is 356 g/mol. The second-order valence-corrected chi connectivity index (χ2v) is 5.83. The molecule has 2 amide bonds. The van der Waals surface area contributed by atoms with E-state index in [0.717, 1.165) is 5.56 Å². The molecule has 3 aromatic rings. The van der Waals surface area contributed by atoms with E-state index in [9.17, 15) is 4.79 Å². The Morgan fingerprint density at radius 3 is 3.00 bits per heavy atom. The first-order valence-corrected chi connectivity index (χ1v) is 7.91. The number of hydrogen-bond acceptors (Lipinski definition) is 5. The third-order valence-electron chi connectivity index (χ3n) is 3.76. The maximum absolute atomic E-state index is 12.8. The molecule has 8 nitrogen and oxygen atoms in total. The Balaban J connectivity index is 1.67. The third kappa shape index (κ3) is 3.11. The van der Waals surface area contributed by atoms with Gasteiger partial charge in [-0.25, -0.2) is 4.79 Å². The summed E-state index contributed by atoms with van der Waals surface area (Å²) in [5, 5.41) is 16.7. The van der Waals surface area contributed by atoms with Gasteiger partial charge in [-0.3, -0.25) is 4.90 Å². The molecule has 1 aromatic heterocycles. The Kier molecular flexibility index (Phi) is 3.95. The zero-order valence-corrected chi connectivity index (χ0v) is 13.7. The molecule has 0 fully saturated rings. The number of amides is 2. The van der Waals surface area contributed by atoms with Crippen LogP contribution in [-0.4, -0.2) is 26.7 Å². The Morgan fingerprint density at radius 2 is 2.16 bits per heavy atom. The molecular weight excluding hydrogens is 344 g/mol. The molecule has 2 heterocycles. The van der Waals surface area contributed by atoms with Crippen molar-refractivity contribution in [2.45, 2.75) is 13.1 Å². The summed E-state index contributed by atoms with van der Waals surface area (Å²) < 4.78 is 5.97. The molecule has 1 aliphatic rings. The summed E-state index contributed by atoms with van der Waals surface area (Å²) >= 11 is 6.12. The molecule has 1 aliphatic heterocycles. The number of carbonyl (C=O) groups is 1. The summed E-state index contributed by atoms with van der Waals surface area (Å²) in [6, 6.07) is 12.4.